The highest BCUT2D eigenvalue weighted by molar-refractivity contribution is 7.49. The first kappa shape index (κ1) is 29.6. The molecule has 0 radical (unpaired) electrons. The van der Waals surface area contributed by atoms with Crippen LogP contribution >= 0.6 is 7.82 Å². The maximum Gasteiger partial charge on any atom is 0.587 e. The molecule has 3 heterocycles. The molecule has 0 saturated carbocycles. The number of hydrogen-bond donors (Lipinski definition) is 3. The molecule has 0 aliphatic carbocycles. The van der Waals surface area contributed by atoms with Crippen molar-refractivity contribution >= 4 is 24.9 Å². The Morgan fingerprint density at radius 1 is 1.14 bits per heavy atom. The first-order valence-corrected chi connectivity index (χ1v) is 13.8. The minimum Gasteiger partial charge on any atom is -0.497 e. The van der Waals surface area contributed by atoms with E-state index in [0.717, 1.165) is 10.9 Å². The lowest BCUT2D eigenvalue weighted by atomic mass is 10.1. The minimum absolute atomic E-state index is 0.0309. The Morgan fingerprint density at radius 2 is 1.70 bits per heavy atom. The number of azide groups is 1. The van der Waals surface area contributed by atoms with Crippen LogP contribution in [-0.4, -0.2) is 63.5 Å². The second-order valence-electron chi connectivity index (χ2n) is 8.96. The molecule has 0 bridgehead atoms. The standard InChI is InChI=1S/C24H24FN8O9P/c1-37-13-3-7-15(8-4-13)41-43(36,42-16-9-5-14(38-2)6-10-16)39-11-24(31-32-27)19(34)17(25)22(40-24)33-12-28-18-20(33)29-23(26)30-21(18)35/h3-10,12,17,19,22,34H,11H2,1-2H3,(H3,26,29,30,35)/t17-,19+,22-,24-/m1/s1. The van der Waals surface area contributed by atoms with E-state index in [1.54, 1.807) is 0 Å². The monoisotopic (exact) mass is 618 g/mol. The summed E-state index contributed by atoms with van der Waals surface area (Å²) in [7, 11) is -1.76. The number of aliphatic hydroxyl groups excluding tert-OH is 1. The number of aromatic nitrogens is 4. The molecule has 4 aromatic rings. The summed E-state index contributed by atoms with van der Waals surface area (Å²) in [5.41, 5.74) is 11.4. The van der Waals surface area contributed by atoms with E-state index in [4.69, 9.17) is 33.5 Å². The fraction of sp³-hybridized carbons (Fsp3) is 0.292. The highest BCUT2D eigenvalue weighted by atomic mass is 31.2. The predicted octanol–water partition coefficient (Wildman–Crippen LogP) is 3.24. The number of rotatable bonds is 11. The van der Waals surface area contributed by atoms with Gasteiger partial charge in [0.05, 0.1) is 27.2 Å². The number of fused-ring (bicyclic) bond motifs is 1. The second kappa shape index (κ2) is 11.8. The van der Waals surface area contributed by atoms with Crippen molar-refractivity contribution in [1.82, 2.24) is 19.5 Å². The van der Waals surface area contributed by atoms with Crippen molar-refractivity contribution in [2.75, 3.05) is 26.6 Å². The summed E-state index contributed by atoms with van der Waals surface area (Å²) >= 11 is 0. The van der Waals surface area contributed by atoms with Gasteiger partial charge in [-0.2, -0.15) is 4.98 Å². The van der Waals surface area contributed by atoms with Gasteiger partial charge in [-0.1, -0.05) is 5.11 Å². The van der Waals surface area contributed by atoms with Gasteiger partial charge in [-0.25, -0.2) is 13.9 Å². The average Bonchev–Trinajstić information content (AvgIpc) is 3.52. The van der Waals surface area contributed by atoms with Gasteiger partial charge in [-0.3, -0.25) is 18.9 Å². The molecule has 0 amide bonds. The summed E-state index contributed by atoms with van der Waals surface area (Å²) in [4.78, 5) is 25.0. The third-order valence-electron chi connectivity index (χ3n) is 6.28. The summed E-state index contributed by atoms with van der Waals surface area (Å²) < 4.78 is 63.1. The van der Waals surface area contributed by atoms with E-state index in [9.17, 15) is 20.0 Å². The van der Waals surface area contributed by atoms with E-state index in [-0.39, 0.29) is 28.6 Å². The zero-order valence-corrected chi connectivity index (χ0v) is 23.3. The quantitative estimate of drug-likeness (QED) is 0.0952. The smallest absolute Gasteiger partial charge is 0.497 e. The number of imidazole rings is 1. The number of benzene rings is 2. The average molecular weight is 618 g/mol. The summed E-state index contributed by atoms with van der Waals surface area (Å²) in [5.74, 6) is 0.736. The zero-order valence-electron chi connectivity index (χ0n) is 22.4. The van der Waals surface area contributed by atoms with Gasteiger partial charge in [-0.15, -0.1) is 0 Å². The number of nitrogens with one attached hydrogen (secondary N) is 1. The van der Waals surface area contributed by atoms with Crippen molar-refractivity contribution in [1.29, 1.82) is 0 Å². The number of nitrogen functional groups attached to an aromatic ring is 1. The molecule has 4 N–H and O–H groups in total. The Hall–Kier alpha value is -4.86. The van der Waals surface area contributed by atoms with Crippen molar-refractivity contribution in [3.63, 3.8) is 0 Å². The van der Waals surface area contributed by atoms with Crippen molar-refractivity contribution in [3.05, 3.63) is 75.7 Å². The Morgan fingerprint density at radius 3 is 2.23 bits per heavy atom. The molecule has 226 valence electrons. The van der Waals surface area contributed by atoms with Gasteiger partial charge in [0.1, 0.15) is 29.1 Å². The Kier molecular flexibility index (Phi) is 8.12. The molecule has 2 aromatic heterocycles. The maximum absolute atomic E-state index is 15.6. The lowest BCUT2D eigenvalue weighted by molar-refractivity contribution is -0.120. The molecule has 43 heavy (non-hydrogen) atoms. The number of phosphoric acid groups is 1. The number of halogens is 1. The summed E-state index contributed by atoms with van der Waals surface area (Å²) in [5, 5.41) is 14.3. The number of phosphoric ester groups is 1. The molecule has 1 aliphatic rings. The molecule has 0 spiro atoms. The normalized spacial score (nSPS) is 21.7. The number of nitrogens with two attached hydrogens (primary N) is 1. The number of anilines is 1. The zero-order chi connectivity index (χ0) is 30.8. The van der Waals surface area contributed by atoms with Crippen molar-refractivity contribution in [3.8, 4) is 23.0 Å². The van der Waals surface area contributed by atoms with Crippen LogP contribution in [0, 0.1) is 0 Å². The van der Waals surface area contributed by atoms with Crippen molar-refractivity contribution in [2.24, 2.45) is 5.11 Å². The second-order valence-corrected chi connectivity index (χ2v) is 10.5. The molecule has 17 nitrogen and oxygen atoms in total. The first-order chi connectivity index (χ1) is 20.6. The third kappa shape index (κ3) is 5.90. The van der Waals surface area contributed by atoms with Gasteiger partial charge < -0.3 is 34.1 Å². The van der Waals surface area contributed by atoms with Crippen LogP contribution in [0.2, 0.25) is 0 Å². The van der Waals surface area contributed by atoms with E-state index in [2.05, 4.69) is 25.0 Å². The fourth-order valence-corrected chi connectivity index (χ4v) is 5.41. The third-order valence-corrected chi connectivity index (χ3v) is 7.60. The minimum atomic E-state index is -4.68. The van der Waals surface area contributed by atoms with Crippen molar-refractivity contribution < 1.29 is 41.8 Å². The summed E-state index contributed by atoms with van der Waals surface area (Å²) in [6.45, 7) is -1.01. The SMILES string of the molecule is COc1ccc(OP(=O)(OC[C@@]2(N=[N+]=[N-])O[C@@H](n3cnc4c(=O)[nH]c(N)nc43)[C@H](F)[C@@H]2O)Oc2ccc(OC)cc2)cc1. The van der Waals surface area contributed by atoms with Crippen LogP contribution in [0.1, 0.15) is 6.23 Å². The van der Waals surface area contributed by atoms with Gasteiger partial charge in [0.25, 0.3) is 5.56 Å². The Labute approximate surface area is 241 Å². The lowest BCUT2D eigenvalue weighted by Crippen LogP contribution is -2.44. The van der Waals surface area contributed by atoms with E-state index in [1.807, 2.05) is 0 Å². The van der Waals surface area contributed by atoms with Gasteiger partial charge >= 0.3 is 7.82 Å². The van der Waals surface area contributed by atoms with Crippen molar-refractivity contribution in [2.45, 2.75) is 24.2 Å². The molecule has 0 unspecified atom stereocenters. The van der Waals surface area contributed by atoms with Gasteiger partial charge in [0, 0.05) is 4.91 Å². The largest absolute Gasteiger partial charge is 0.587 e. The molecule has 4 atom stereocenters. The van der Waals surface area contributed by atoms with E-state index < -0.39 is 44.2 Å². The molecular formula is C24H24FN8O9P. The number of aliphatic hydroxyl groups is 1. The molecule has 1 fully saturated rings. The van der Waals surface area contributed by atoms with E-state index in [1.165, 1.54) is 62.8 Å². The van der Waals surface area contributed by atoms with E-state index in [0.29, 0.717) is 11.5 Å². The van der Waals surface area contributed by atoms with Gasteiger partial charge in [-0.05, 0) is 54.1 Å². The predicted molar refractivity (Wildman–Crippen MR) is 146 cm³/mol. The summed E-state index contributed by atoms with van der Waals surface area (Å²) in [6, 6.07) is 11.8. The van der Waals surface area contributed by atoms with Crippen LogP contribution in [0.3, 0.4) is 0 Å². The van der Waals surface area contributed by atoms with Gasteiger partial charge in [0.2, 0.25) is 11.7 Å². The van der Waals surface area contributed by atoms with E-state index >= 15 is 4.39 Å². The maximum atomic E-state index is 15.6. The van der Waals surface area contributed by atoms with Crippen LogP contribution in [0.5, 0.6) is 23.0 Å². The fourth-order valence-electron chi connectivity index (χ4n) is 4.17. The number of alkyl halides is 1. The van der Waals surface area contributed by atoms with Crippen LogP contribution in [0.25, 0.3) is 21.6 Å². The highest BCUT2D eigenvalue weighted by Crippen LogP contribution is 2.52. The van der Waals surface area contributed by atoms with Crippen LogP contribution in [-0.2, 0) is 13.8 Å². The topological polar surface area (TPSA) is 231 Å². The molecule has 1 saturated heterocycles. The highest BCUT2D eigenvalue weighted by Gasteiger charge is 2.58. The number of methoxy groups -OCH3 is 2. The molecule has 2 aromatic carbocycles. The number of ether oxygens (including phenoxy) is 3. The number of hydrogen-bond acceptors (Lipinski definition) is 13. The van der Waals surface area contributed by atoms with Crippen LogP contribution < -0.4 is 29.8 Å². The summed E-state index contributed by atoms with van der Waals surface area (Å²) in [6.07, 6.45) is -5.14. The van der Waals surface area contributed by atoms with Gasteiger partial charge in [0.15, 0.2) is 23.6 Å². The number of aromatic amines is 1. The molecule has 19 heteroatoms. The van der Waals surface area contributed by atoms with Crippen LogP contribution in [0.4, 0.5) is 10.3 Å². The lowest BCUT2D eigenvalue weighted by Gasteiger charge is -2.28. The number of nitrogens with zero attached hydrogens (tertiary/aromatic N) is 6. The molecular weight excluding hydrogens is 594 g/mol. The molecule has 1 aliphatic heterocycles. The first-order valence-electron chi connectivity index (χ1n) is 12.3. The number of H-pyrrole nitrogens is 1. The van der Waals surface area contributed by atoms with Crippen LogP contribution in [0.15, 0.2) is 64.8 Å². The Bertz CT molecular complexity index is 1710. The Balaban J connectivity index is 1.46. The molecule has 5 rings (SSSR count).